The van der Waals surface area contributed by atoms with E-state index in [2.05, 4.69) is 0 Å². The summed E-state index contributed by atoms with van der Waals surface area (Å²) >= 11 is 6.18. The molecule has 118 valence electrons. The summed E-state index contributed by atoms with van der Waals surface area (Å²) < 4.78 is 0. The van der Waals surface area contributed by atoms with E-state index < -0.39 is 0 Å². The number of amides is 2. The van der Waals surface area contributed by atoms with Gasteiger partial charge in [0.1, 0.15) is 6.04 Å². The summed E-state index contributed by atoms with van der Waals surface area (Å²) in [4.78, 5) is 27.7. The molecule has 2 amide bonds. The van der Waals surface area contributed by atoms with E-state index in [-0.39, 0.29) is 17.9 Å². The van der Waals surface area contributed by atoms with Crippen molar-refractivity contribution in [2.75, 3.05) is 19.6 Å². The molecule has 2 aliphatic rings. The standard InChI is InChI=1S/C17H21ClN2O2/c1-12(21)20-8-4-7-16(20)17(22)19-10-13(11-19)9-14-5-2-3-6-15(14)18/h2-3,5-6,13,16H,4,7-11H2,1H3. The summed E-state index contributed by atoms with van der Waals surface area (Å²) in [5.74, 6) is 0.586. The minimum atomic E-state index is -0.237. The lowest BCUT2D eigenvalue weighted by molar-refractivity contribution is -0.147. The van der Waals surface area contributed by atoms with Gasteiger partial charge in [0.2, 0.25) is 11.8 Å². The van der Waals surface area contributed by atoms with Gasteiger partial charge in [-0.15, -0.1) is 0 Å². The molecule has 22 heavy (non-hydrogen) atoms. The Balaban J connectivity index is 1.54. The topological polar surface area (TPSA) is 40.6 Å². The van der Waals surface area contributed by atoms with Crippen LogP contribution in [0.5, 0.6) is 0 Å². The predicted octanol–water partition coefficient (Wildman–Crippen LogP) is 2.35. The van der Waals surface area contributed by atoms with E-state index in [0.717, 1.165) is 42.9 Å². The van der Waals surface area contributed by atoms with E-state index >= 15 is 0 Å². The third-order valence-corrected chi connectivity index (χ3v) is 5.05. The van der Waals surface area contributed by atoms with Crippen LogP contribution >= 0.6 is 11.6 Å². The summed E-state index contributed by atoms with van der Waals surface area (Å²) in [5, 5.41) is 0.797. The van der Waals surface area contributed by atoms with Crippen LogP contribution in [-0.4, -0.2) is 47.3 Å². The van der Waals surface area contributed by atoms with E-state index in [0.29, 0.717) is 12.5 Å². The Morgan fingerprint density at radius 3 is 2.68 bits per heavy atom. The minimum absolute atomic E-state index is 0.00370. The minimum Gasteiger partial charge on any atom is -0.340 e. The molecule has 2 fully saturated rings. The summed E-state index contributed by atoms with van der Waals surface area (Å²) in [5.41, 5.74) is 1.15. The van der Waals surface area contributed by atoms with E-state index in [1.165, 1.54) is 0 Å². The fraction of sp³-hybridized carbons (Fsp3) is 0.529. The van der Waals surface area contributed by atoms with Crippen LogP contribution in [0.4, 0.5) is 0 Å². The Kier molecular flexibility index (Phi) is 4.39. The van der Waals surface area contributed by atoms with Crippen LogP contribution in [0.15, 0.2) is 24.3 Å². The Morgan fingerprint density at radius 2 is 2.00 bits per heavy atom. The number of benzene rings is 1. The molecule has 0 spiro atoms. The first-order valence-corrected chi connectivity index (χ1v) is 8.23. The molecule has 0 bridgehead atoms. The van der Waals surface area contributed by atoms with Crippen molar-refractivity contribution >= 4 is 23.4 Å². The fourth-order valence-electron chi connectivity index (χ4n) is 3.46. The average Bonchev–Trinajstić information content (AvgIpc) is 2.93. The summed E-state index contributed by atoms with van der Waals surface area (Å²) in [6.07, 6.45) is 2.63. The molecule has 2 saturated heterocycles. The van der Waals surface area contributed by atoms with Crippen LogP contribution in [0.25, 0.3) is 0 Å². The van der Waals surface area contributed by atoms with E-state index in [1.807, 2.05) is 29.2 Å². The molecule has 1 atom stereocenters. The second-order valence-corrected chi connectivity index (χ2v) is 6.68. The van der Waals surface area contributed by atoms with Crippen molar-refractivity contribution < 1.29 is 9.59 Å². The zero-order valence-electron chi connectivity index (χ0n) is 12.8. The number of likely N-dealkylation sites (tertiary alicyclic amines) is 2. The van der Waals surface area contributed by atoms with Crippen LogP contribution in [0.1, 0.15) is 25.3 Å². The van der Waals surface area contributed by atoms with Crippen molar-refractivity contribution in [1.82, 2.24) is 9.80 Å². The SMILES string of the molecule is CC(=O)N1CCCC1C(=O)N1CC(Cc2ccccc2Cl)C1. The molecule has 0 saturated carbocycles. The molecule has 0 aliphatic carbocycles. The Bertz CT molecular complexity index is 584. The zero-order chi connectivity index (χ0) is 15.7. The van der Waals surface area contributed by atoms with Gasteiger partial charge in [0.25, 0.3) is 0 Å². The summed E-state index contributed by atoms with van der Waals surface area (Å²) in [6.45, 7) is 3.79. The van der Waals surface area contributed by atoms with Crippen molar-refractivity contribution in [3.05, 3.63) is 34.9 Å². The summed E-state index contributed by atoms with van der Waals surface area (Å²) in [7, 11) is 0. The molecular formula is C17H21ClN2O2. The molecule has 5 heteroatoms. The molecule has 1 unspecified atom stereocenters. The number of halogens is 1. The number of hydrogen-bond acceptors (Lipinski definition) is 2. The van der Waals surface area contributed by atoms with Gasteiger partial charge < -0.3 is 9.80 Å². The summed E-state index contributed by atoms with van der Waals surface area (Å²) in [6, 6.07) is 7.63. The van der Waals surface area contributed by atoms with Gasteiger partial charge >= 0.3 is 0 Å². The van der Waals surface area contributed by atoms with Gasteiger partial charge in [-0.25, -0.2) is 0 Å². The maximum absolute atomic E-state index is 12.5. The lowest BCUT2D eigenvalue weighted by Gasteiger charge is -2.42. The number of carbonyl (C=O) groups excluding carboxylic acids is 2. The number of hydrogen-bond donors (Lipinski definition) is 0. The van der Waals surface area contributed by atoms with Crippen LogP contribution in [0, 0.1) is 5.92 Å². The highest BCUT2D eigenvalue weighted by Gasteiger charge is 2.39. The second kappa shape index (κ2) is 6.29. The Morgan fingerprint density at radius 1 is 1.27 bits per heavy atom. The van der Waals surface area contributed by atoms with E-state index in [4.69, 9.17) is 11.6 Å². The number of nitrogens with zero attached hydrogens (tertiary/aromatic N) is 2. The largest absolute Gasteiger partial charge is 0.340 e. The van der Waals surface area contributed by atoms with E-state index in [1.54, 1.807) is 11.8 Å². The van der Waals surface area contributed by atoms with Gasteiger partial charge in [-0.05, 0) is 36.8 Å². The van der Waals surface area contributed by atoms with Crippen LogP contribution < -0.4 is 0 Å². The Labute approximate surface area is 136 Å². The second-order valence-electron chi connectivity index (χ2n) is 6.28. The van der Waals surface area contributed by atoms with Gasteiger partial charge in [0.05, 0.1) is 0 Å². The van der Waals surface area contributed by atoms with Crippen molar-refractivity contribution in [2.24, 2.45) is 5.92 Å². The number of carbonyl (C=O) groups is 2. The highest BCUT2D eigenvalue weighted by molar-refractivity contribution is 6.31. The van der Waals surface area contributed by atoms with Crippen LogP contribution in [-0.2, 0) is 16.0 Å². The van der Waals surface area contributed by atoms with Crippen molar-refractivity contribution in [3.8, 4) is 0 Å². The molecule has 0 N–H and O–H groups in total. The third kappa shape index (κ3) is 2.98. The molecule has 1 aromatic rings. The normalized spacial score (nSPS) is 21.8. The van der Waals surface area contributed by atoms with Gasteiger partial charge in [-0.2, -0.15) is 0 Å². The van der Waals surface area contributed by atoms with Gasteiger partial charge in [0.15, 0.2) is 0 Å². The first-order valence-electron chi connectivity index (χ1n) is 7.85. The van der Waals surface area contributed by atoms with Crippen molar-refractivity contribution in [2.45, 2.75) is 32.2 Å². The van der Waals surface area contributed by atoms with Crippen molar-refractivity contribution in [1.29, 1.82) is 0 Å². The number of rotatable bonds is 3. The highest BCUT2D eigenvalue weighted by Crippen LogP contribution is 2.27. The maximum Gasteiger partial charge on any atom is 0.245 e. The van der Waals surface area contributed by atoms with Gasteiger partial charge in [-0.1, -0.05) is 29.8 Å². The lowest BCUT2D eigenvalue weighted by atomic mass is 9.91. The molecule has 1 aromatic carbocycles. The lowest BCUT2D eigenvalue weighted by Crippen LogP contribution is -2.56. The van der Waals surface area contributed by atoms with Gasteiger partial charge in [0, 0.05) is 31.6 Å². The highest BCUT2D eigenvalue weighted by atomic mass is 35.5. The average molecular weight is 321 g/mol. The first kappa shape index (κ1) is 15.3. The molecule has 3 rings (SSSR count). The molecular weight excluding hydrogens is 300 g/mol. The quantitative estimate of drug-likeness (QED) is 0.858. The first-order chi connectivity index (χ1) is 10.6. The Hall–Kier alpha value is -1.55. The zero-order valence-corrected chi connectivity index (χ0v) is 13.6. The predicted molar refractivity (Wildman–Crippen MR) is 85.6 cm³/mol. The fourth-order valence-corrected chi connectivity index (χ4v) is 3.68. The van der Waals surface area contributed by atoms with Crippen molar-refractivity contribution in [3.63, 3.8) is 0 Å². The molecule has 4 nitrogen and oxygen atoms in total. The molecule has 0 radical (unpaired) electrons. The smallest absolute Gasteiger partial charge is 0.245 e. The maximum atomic E-state index is 12.5. The van der Waals surface area contributed by atoms with Crippen LogP contribution in [0.3, 0.4) is 0 Å². The molecule has 2 heterocycles. The van der Waals surface area contributed by atoms with E-state index in [9.17, 15) is 9.59 Å². The van der Waals surface area contributed by atoms with Crippen LogP contribution in [0.2, 0.25) is 5.02 Å². The third-order valence-electron chi connectivity index (χ3n) is 4.68. The monoisotopic (exact) mass is 320 g/mol. The molecule has 0 aromatic heterocycles. The van der Waals surface area contributed by atoms with Gasteiger partial charge in [-0.3, -0.25) is 9.59 Å². The molecule has 2 aliphatic heterocycles.